The zero-order valence-electron chi connectivity index (χ0n) is 16.5. The number of anilines is 4. The summed E-state index contributed by atoms with van der Waals surface area (Å²) in [5.41, 5.74) is 6.79. The molecule has 3 N–H and O–H groups in total. The van der Waals surface area contributed by atoms with E-state index >= 15 is 0 Å². The van der Waals surface area contributed by atoms with Crippen LogP contribution in [0.2, 0.25) is 0 Å². The summed E-state index contributed by atoms with van der Waals surface area (Å²) in [6.07, 6.45) is 5.26. The van der Waals surface area contributed by atoms with Gasteiger partial charge >= 0.3 is 0 Å². The predicted molar refractivity (Wildman–Crippen MR) is 110 cm³/mol. The van der Waals surface area contributed by atoms with Gasteiger partial charge in [-0.25, -0.2) is 4.98 Å². The quantitative estimate of drug-likeness (QED) is 0.648. The lowest BCUT2D eigenvalue weighted by Gasteiger charge is -2.26. The Kier molecular flexibility index (Phi) is 5.32. The van der Waals surface area contributed by atoms with E-state index in [1.165, 1.54) is 11.1 Å². The molecule has 0 aliphatic carbocycles. The van der Waals surface area contributed by atoms with E-state index in [2.05, 4.69) is 30.3 Å². The van der Waals surface area contributed by atoms with Gasteiger partial charge in [-0.1, -0.05) is 0 Å². The summed E-state index contributed by atoms with van der Waals surface area (Å²) in [7, 11) is 3.19. The molecule has 4 rings (SSSR count). The van der Waals surface area contributed by atoms with Gasteiger partial charge in [0.2, 0.25) is 17.8 Å². The number of nitrogens with two attached hydrogens (primary N) is 1. The van der Waals surface area contributed by atoms with Crippen LogP contribution in [0.15, 0.2) is 30.5 Å². The highest BCUT2D eigenvalue weighted by atomic mass is 16.5. The van der Waals surface area contributed by atoms with Crippen molar-refractivity contribution in [1.82, 2.24) is 24.7 Å². The minimum absolute atomic E-state index is 0.225. The standard InChI is InChI=1S/C19H24N8O2/c1-28-13-6-7-14(15(12-13)29-2)22-18-24-17(20)27(25-18)16-8-9-21-19(23-16)26-10-4-3-5-11-26/h6-9,12H,3-5,10-11H2,1-2H3,(H3,20,22,24,25). The van der Waals surface area contributed by atoms with Gasteiger partial charge in [-0.2, -0.15) is 14.6 Å². The Morgan fingerprint density at radius 3 is 2.62 bits per heavy atom. The lowest BCUT2D eigenvalue weighted by molar-refractivity contribution is 0.395. The SMILES string of the molecule is COc1ccc(Nc2nc(N)n(-c3ccnc(N4CCCCC4)n3)n2)c(OC)c1. The molecule has 3 aromatic rings. The Labute approximate surface area is 168 Å². The molecule has 29 heavy (non-hydrogen) atoms. The summed E-state index contributed by atoms with van der Waals surface area (Å²) in [5.74, 6) is 3.11. The van der Waals surface area contributed by atoms with Gasteiger partial charge in [0, 0.05) is 31.4 Å². The Hall–Kier alpha value is -3.56. The molecule has 1 saturated heterocycles. The van der Waals surface area contributed by atoms with E-state index in [1.807, 2.05) is 12.1 Å². The van der Waals surface area contributed by atoms with Crippen LogP contribution >= 0.6 is 0 Å². The molecule has 10 nitrogen and oxygen atoms in total. The highest BCUT2D eigenvalue weighted by Gasteiger charge is 2.17. The Morgan fingerprint density at radius 1 is 1.03 bits per heavy atom. The number of nitrogens with one attached hydrogen (secondary N) is 1. The van der Waals surface area contributed by atoms with Crippen molar-refractivity contribution in [2.75, 3.05) is 43.3 Å². The third-order valence-electron chi connectivity index (χ3n) is 4.77. The number of piperidine rings is 1. The minimum atomic E-state index is 0.225. The molecule has 0 amide bonds. The summed E-state index contributed by atoms with van der Waals surface area (Å²) in [4.78, 5) is 15.5. The summed E-state index contributed by atoms with van der Waals surface area (Å²) < 4.78 is 12.1. The van der Waals surface area contributed by atoms with Gasteiger partial charge in [-0.15, -0.1) is 5.10 Å². The molecule has 0 saturated carbocycles. The fraction of sp³-hybridized carbons (Fsp3) is 0.368. The average molecular weight is 396 g/mol. The Balaban J connectivity index is 1.59. The summed E-state index contributed by atoms with van der Waals surface area (Å²) in [5, 5.41) is 7.58. The van der Waals surface area contributed by atoms with Crippen molar-refractivity contribution < 1.29 is 9.47 Å². The summed E-state index contributed by atoms with van der Waals surface area (Å²) >= 11 is 0. The van der Waals surface area contributed by atoms with Crippen molar-refractivity contribution in [2.24, 2.45) is 0 Å². The fourth-order valence-corrected chi connectivity index (χ4v) is 3.27. The van der Waals surface area contributed by atoms with E-state index in [9.17, 15) is 0 Å². The first-order valence-electron chi connectivity index (χ1n) is 9.48. The van der Waals surface area contributed by atoms with Crippen LogP contribution in [0, 0.1) is 0 Å². The zero-order valence-corrected chi connectivity index (χ0v) is 16.5. The molecule has 2 aromatic heterocycles. The number of ether oxygens (including phenoxy) is 2. The molecule has 0 spiro atoms. The van der Waals surface area contributed by atoms with Crippen LogP contribution in [0.1, 0.15) is 19.3 Å². The monoisotopic (exact) mass is 396 g/mol. The largest absolute Gasteiger partial charge is 0.497 e. The predicted octanol–water partition coefficient (Wildman–Crippen LogP) is 2.39. The number of nitrogens with zero attached hydrogens (tertiary/aromatic N) is 6. The number of hydrogen-bond acceptors (Lipinski definition) is 9. The topological polar surface area (TPSA) is 116 Å². The molecule has 3 heterocycles. The summed E-state index contributed by atoms with van der Waals surface area (Å²) in [6.45, 7) is 1.92. The van der Waals surface area contributed by atoms with Gasteiger partial charge in [0.1, 0.15) is 11.5 Å². The van der Waals surface area contributed by atoms with Crippen molar-refractivity contribution in [2.45, 2.75) is 19.3 Å². The number of hydrogen-bond donors (Lipinski definition) is 2. The molecule has 152 valence electrons. The van der Waals surface area contributed by atoms with Crippen molar-refractivity contribution in [3.8, 4) is 17.3 Å². The number of methoxy groups -OCH3 is 2. The van der Waals surface area contributed by atoms with Gasteiger partial charge in [-0.05, 0) is 31.4 Å². The Bertz CT molecular complexity index is 984. The molecule has 0 unspecified atom stereocenters. The molecular formula is C19H24N8O2. The normalized spacial score (nSPS) is 13.9. The smallest absolute Gasteiger partial charge is 0.249 e. The number of rotatable bonds is 6. The highest BCUT2D eigenvalue weighted by molar-refractivity contribution is 5.64. The minimum Gasteiger partial charge on any atom is -0.497 e. The number of aromatic nitrogens is 5. The number of benzene rings is 1. The fourth-order valence-electron chi connectivity index (χ4n) is 3.27. The van der Waals surface area contributed by atoms with Gasteiger partial charge in [0.05, 0.1) is 19.9 Å². The highest BCUT2D eigenvalue weighted by Crippen LogP contribution is 2.31. The van der Waals surface area contributed by atoms with Crippen molar-refractivity contribution >= 4 is 23.5 Å². The van der Waals surface area contributed by atoms with Crippen molar-refractivity contribution in [3.63, 3.8) is 0 Å². The first-order chi connectivity index (χ1) is 14.2. The third kappa shape index (κ3) is 4.00. The van der Waals surface area contributed by atoms with E-state index in [0.717, 1.165) is 25.9 Å². The number of nitrogen functional groups attached to an aromatic ring is 1. The molecule has 1 aromatic carbocycles. The van der Waals surface area contributed by atoms with Crippen LogP contribution in [0.25, 0.3) is 5.82 Å². The molecular weight excluding hydrogens is 372 g/mol. The molecule has 0 radical (unpaired) electrons. The van der Waals surface area contributed by atoms with Crippen LogP contribution in [0.5, 0.6) is 11.5 Å². The van der Waals surface area contributed by atoms with Crippen LogP contribution in [-0.4, -0.2) is 52.0 Å². The second-order valence-corrected chi connectivity index (χ2v) is 6.66. The maximum atomic E-state index is 6.10. The van der Waals surface area contributed by atoms with E-state index in [-0.39, 0.29) is 5.95 Å². The van der Waals surface area contributed by atoms with E-state index < -0.39 is 0 Å². The lowest BCUT2D eigenvalue weighted by Crippen LogP contribution is -2.31. The van der Waals surface area contributed by atoms with Gasteiger partial charge < -0.3 is 25.4 Å². The van der Waals surface area contributed by atoms with Crippen LogP contribution in [0.4, 0.5) is 23.5 Å². The first-order valence-corrected chi connectivity index (χ1v) is 9.48. The van der Waals surface area contributed by atoms with Gasteiger partial charge in [-0.3, -0.25) is 0 Å². The van der Waals surface area contributed by atoms with E-state index in [1.54, 1.807) is 32.5 Å². The third-order valence-corrected chi connectivity index (χ3v) is 4.77. The van der Waals surface area contributed by atoms with Crippen molar-refractivity contribution in [1.29, 1.82) is 0 Å². The second-order valence-electron chi connectivity index (χ2n) is 6.66. The average Bonchev–Trinajstić information content (AvgIpc) is 3.14. The van der Waals surface area contributed by atoms with Gasteiger partial charge in [0.25, 0.3) is 0 Å². The van der Waals surface area contributed by atoms with Crippen LogP contribution in [0.3, 0.4) is 0 Å². The molecule has 1 aliphatic heterocycles. The Morgan fingerprint density at radius 2 is 1.86 bits per heavy atom. The maximum absolute atomic E-state index is 6.10. The first kappa shape index (κ1) is 18.8. The van der Waals surface area contributed by atoms with Gasteiger partial charge in [0.15, 0.2) is 5.82 Å². The van der Waals surface area contributed by atoms with E-state index in [0.29, 0.717) is 34.9 Å². The molecule has 0 bridgehead atoms. The lowest BCUT2D eigenvalue weighted by atomic mass is 10.1. The van der Waals surface area contributed by atoms with Crippen molar-refractivity contribution in [3.05, 3.63) is 30.5 Å². The maximum Gasteiger partial charge on any atom is 0.249 e. The zero-order chi connectivity index (χ0) is 20.2. The summed E-state index contributed by atoms with van der Waals surface area (Å²) in [6, 6.07) is 7.18. The molecule has 1 aliphatic rings. The molecule has 0 atom stereocenters. The molecule has 1 fully saturated rings. The van der Waals surface area contributed by atoms with Crippen LogP contribution < -0.4 is 25.4 Å². The molecule has 10 heteroatoms. The van der Waals surface area contributed by atoms with E-state index in [4.69, 9.17) is 15.2 Å². The second kappa shape index (κ2) is 8.21. The van der Waals surface area contributed by atoms with Crippen LogP contribution in [-0.2, 0) is 0 Å².